The standard InChI is InChI=1S/C23H22N2O6S/c1-30-20-9-5-3-7-16(20)18-13-15(32(27,28)29)14-19(17-8-4-6-10-21(17)31-2)22(18)25-12-11-24-23(25)26/h3-10,13-14H,11-12H2,1-2H3,(H,24,26)(H,27,28,29). The summed E-state index contributed by atoms with van der Waals surface area (Å²) in [6.07, 6.45) is 0. The van der Waals surface area contributed by atoms with Gasteiger partial charge in [-0.15, -0.1) is 0 Å². The summed E-state index contributed by atoms with van der Waals surface area (Å²) >= 11 is 0. The highest BCUT2D eigenvalue weighted by Crippen LogP contribution is 2.46. The number of para-hydroxylation sites is 2. The molecule has 8 nitrogen and oxygen atoms in total. The molecule has 0 aromatic heterocycles. The molecule has 32 heavy (non-hydrogen) atoms. The predicted molar refractivity (Wildman–Crippen MR) is 121 cm³/mol. The topological polar surface area (TPSA) is 105 Å². The number of hydrogen-bond donors (Lipinski definition) is 2. The molecule has 1 aliphatic heterocycles. The van der Waals surface area contributed by atoms with E-state index >= 15 is 0 Å². The number of ether oxygens (including phenoxy) is 2. The molecule has 2 amide bonds. The Balaban J connectivity index is 2.16. The number of hydrogen-bond acceptors (Lipinski definition) is 5. The number of benzene rings is 3. The van der Waals surface area contributed by atoms with Crippen molar-refractivity contribution in [3.8, 4) is 33.8 Å². The van der Waals surface area contributed by atoms with Crippen LogP contribution in [0.1, 0.15) is 0 Å². The zero-order valence-corrected chi connectivity index (χ0v) is 18.3. The molecule has 0 aliphatic carbocycles. The van der Waals surface area contributed by atoms with Crippen molar-refractivity contribution in [3.05, 3.63) is 60.7 Å². The maximum atomic E-state index is 12.7. The van der Waals surface area contributed by atoms with Gasteiger partial charge in [0, 0.05) is 35.3 Å². The fraction of sp³-hybridized carbons (Fsp3) is 0.174. The normalized spacial score (nSPS) is 13.7. The van der Waals surface area contributed by atoms with Crippen LogP contribution in [0.2, 0.25) is 0 Å². The third-order valence-corrected chi connectivity index (χ3v) is 6.13. The molecule has 1 heterocycles. The number of amides is 2. The van der Waals surface area contributed by atoms with Gasteiger partial charge < -0.3 is 14.8 Å². The van der Waals surface area contributed by atoms with E-state index in [9.17, 15) is 17.8 Å². The molecule has 1 aliphatic rings. The Morgan fingerprint density at radius 2 is 1.38 bits per heavy atom. The molecule has 0 saturated carbocycles. The van der Waals surface area contributed by atoms with Crippen molar-refractivity contribution in [3.63, 3.8) is 0 Å². The molecule has 1 saturated heterocycles. The maximum Gasteiger partial charge on any atom is 0.322 e. The highest BCUT2D eigenvalue weighted by Gasteiger charge is 2.30. The Kier molecular flexibility index (Phi) is 5.77. The lowest BCUT2D eigenvalue weighted by atomic mass is 9.94. The van der Waals surface area contributed by atoms with Gasteiger partial charge in [-0.2, -0.15) is 8.42 Å². The molecule has 0 radical (unpaired) electrons. The third kappa shape index (κ3) is 3.88. The molecule has 1 fully saturated rings. The maximum absolute atomic E-state index is 12.7. The minimum Gasteiger partial charge on any atom is -0.496 e. The van der Waals surface area contributed by atoms with Crippen molar-refractivity contribution in [1.82, 2.24) is 5.32 Å². The molecule has 2 N–H and O–H groups in total. The Bertz CT molecular complexity index is 1220. The lowest BCUT2D eigenvalue weighted by Gasteiger charge is -2.25. The second-order valence-electron chi connectivity index (χ2n) is 7.13. The summed E-state index contributed by atoms with van der Waals surface area (Å²) in [5.41, 5.74) is 2.49. The number of nitrogens with zero attached hydrogens (tertiary/aromatic N) is 1. The lowest BCUT2D eigenvalue weighted by Crippen LogP contribution is -2.29. The van der Waals surface area contributed by atoms with E-state index in [-0.39, 0.29) is 10.9 Å². The number of urea groups is 1. The predicted octanol–water partition coefficient (Wildman–Crippen LogP) is 3.81. The van der Waals surface area contributed by atoms with E-state index in [1.807, 2.05) is 0 Å². The van der Waals surface area contributed by atoms with E-state index in [4.69, 9.17) is 9.47 Å². The van der Waals surface area contributed by atoms with E-state index in [1.54, 1.807) is 53.4 Å². The molecular formula is C23H22N2O6S. The van der Waals surface area contributed by atoms with Gasteiger partial charge in [-0.1, -0.05) is 36.4 Å². The Hall–Kier alpha value is -3.56. The van der Waals surface area contributed by atoms with Crippen molar-refractivity contribution in [2.24, 2.45) is 0 Å². The largest absolute Gasteiger partial charge is 0.496 e. The smallest absolute Gasteiger partial charge is 0.322 e. The Morgan fingerprint density at radius 3 is 1.78 bits per heavy atom. The third-order valence-electron chi connectivity index (χ3n) is 5.30. The second kappa shape index (κ2) is 8.52. The summed E-state index contributed by atoms with van der Waals surface area (Å²) in [4.78, 5) is 14.0. The number of methoxy groups -OCH3 is 2. The van der Waals surface area contributed by atoms with E-state index in [0.717, 1.165) is 0 Å². The van der Waals surface area contributed by atoms with E-state index in [2.05, 4.69) is 5.32 Å². The summed E-state index contributed by atoms with van der Waals surface area (Å²) in [7, 11) is -1.54. The van der Waals surface area contributed by atoms with Crippen LogP contribution in [0.15, 0.2) is 65.6 Å². The fourth-order valence-corrected chi connectivity index (χ4v) is 4.41. The molecule has 9 heteroatoms. The minimum absolute atomic E-state index is 0.303. The highest BCUT2D eigenvalue weighted by atomic mass is 32.2. The molecule has 3 aromatic rings. The summed E-state index contributed by atoms with van der Waals surface area (Å²) in [5, 5.41) is 2.78. The van der Waals surface area contributed by atoms with Gasteiger partial charge in [-0.05, 0) is 24.3 Å². The molecule has 0 spiro atoms. The first-order chi connectivity index (χ1) is 15.3. The molecule has 166 valence electrons. The molecule has 0 bridgehead atoms. The summed E-state index contributed by atoms with van der Waals surface area (Å²) in [6.45, 7) is 0.823. The average molecular weight is 455 g/mol. The number of carbonyl (C=O) groups is 1. The van der Waals surface area contributed by atoms with Crippen molar-refractivity contribution < 1.29 is 27.2 Å². The first-order valence-electron chi connectivity index (χ1n) is 9.83. The van der Waals surface area contributed by atoms with Crippen LogP contribution in [0.3, 0.4) is 0 Å². The van der Waals surface area contributed by atoms with Crippen LogP contribution >= 0.6 is 0 Å². The van der Waals surface area contributed by atoms with Gasteiger partial charge in [-0.3, -0.25) is 9.45 Å². The van der Waals surface area contributed by atoms with Gasteiger partial charge >= 0.3 is 6.03 Å². The summed E-state index contributed by atoms with van der Waals surface area (Å²) in [6, 6.07) is 16.6. The minimum atomic E-state index is -4.56. The fourth-order valence-electron chi connectivity index (χ4n) is 3.88. The number of nitrogens with one attached hydrogen (secondary N) is 1. The van der Waals surface area contributed by atoms with Crippen molar-refractivity contribution >= 4 is 21.8 Å². The van der Waals surface area contributed by atoms with Gasteiger partial charge in [-0.25, -0.2) is 4.79 Å². The summed E-state index contributed by atoms with van der Waals surface area (Å²) in [5.74, 6) is 0.985. The summed E-state index contributed by atoms with van der Waals surface area (Å²) < 4.78 is 45.3. The van der Waals surface area contributed by atoms with Crippen molar-refractivity contribution in [2.45, 2.75) is 4.90 Å². The van der Waals surface area contributed by atoms with Crippen molar-refractivity contribution in [1.29, 1.82) is 0 Å². The number of anilines is 1. The first-order valence-corrected chi connectivity index (χ1v) is 11.3. The van der Waals surface area contributed by atoms with Crippen LogP contribution in [0.25, 0.3) is 22.3 Å². The van der Waals surface area contributed by atoms with Crippen LogP contribution < -0.4 is 19.7 Å². The average Bonchev–Trinajstić information content (AvgIpc) is 3.22. The van der Waals surface area contributed by atoms with Crippen LogP contribution in [0.5, 0.6) is 11.5 Å². The Labute approximate surface area is 186 Å². The quantitative estimate of drug-likeness (QED) is 0.549. The lowest BCUT2D eigenvalue weighted by molar-refractivity contribution is 0.252. The number of carbonyl (C=O) groups excluding carboxylic acids is 1. The highest BCUT2D eigenvalue weighted by molar-refractivity contribution is 7.85. The van der Waals surface area contributed by atoms with Gasteiger partial charge in [0.15, 0.2) is 0 Å². The molecule has 4 rings (SSSR count). The molecule has 3 aromatic carbocycles. The monoisotopic (exact) mass is 454 g/mol. The van der Waals surface area contributed by atoms with Crippen molar-refractivity contribution in [2.75, 3.05) is 32.2 Å². The molecule has 0 atom stereocenters. The molecular weight excluding hydrogens is 432 g/mol. The SMILES string of the molecule is COc1ccccc1-c1cc(S(=O)(=O)O)cc(-c2ccccc2OC)c1N1CCNC1=O. The van der Waals surface area contributed by atoms with Crippen LogP contribution in [0.4, 0.5) is 10.5 Å². The molecule has 0 unspecified atom stereocenters. The van der Waals surface area contributed by atoms with Gasteiger partial charge in [0.2, 0.25) is 0 Å². The number of rotatable bonds is 6. The van der Waals surface area contributed by atoms with Crippen LogP contribution in [-0.4, -0.2) is 46.3 Å². The van der Waals surface area contributed by atoms with Gasteiger partial charge in [0.05, 0.1) is 24.8 Å². The van der Waals surface area contributed by atoms with Crippen LogP contribution in [0, 0.1) is 0 Å². The van der Waals surface area contributed by atoms with E-state index in [1.165, 1.54) is 26.4 Å². The van der Waals surface area contributed by atoms with Gasteiger partial charge in [0.25, 0.3) is 10.1 Å². The zero-order chi connectivity index (χ0) is 22.9. The van der Waals surface area contributed by atoms with Gasteiger partial charge in [0.1, 0.15) is 11.5 Å². The second-order valence-corrected chi connectivity index (χ2v) is 8.55. The zero-order valence-electron chi connectivity index (χ0n) is 17.5. The Morgan fingerprint density at radius 1 is 0.875 bits per heavy atom. The first kappa shape index (κ1) is 21.7. The van der Waals surface area contributed by atoms with E-state index < -0.39 is 10.1 Å². The van der Waals surface area contributed by atoms with Crippen LogP contribution in [-0.2, 0) is 10.1 Å². The van der Waals surface area contributed by atoms with E-state index in [0.29, 0.717) is 52.5 Å².